The lowest BCUT2D eigenvalue weighted by Gasteiger charge is -2.11. The molecule has 7 nitrogen and oxygen atoms in total. The number of pyridine rings is 1. The monoisotopic (exact) mass is 505 g/mol. The number of alkyl halides is 5. The molecular weight excluding hydrogens is 499 g/mol. The molecule has 3 rings (SSSR count). The number of hydrogen-bond acceptors (Lipinski definition) is 6. The van der Waals surface area contributed by atoms with Crippen molar-refractivity contribution in [2.24, 2.45) is 0 Å². The largest absolute Gasteiger partial charge is 0.466 e. The van der Waals surface area contributed by atoms with Crippen molar-refractivity contribution in [1.29, 1.82) is 0 Å². The summed E-state index contributed by atoms with van der Waals surface area (Å²) >= 11 is 1.01. The molecule has 0 aliphatic heterocycles. The third-order valence-corrected chi connectivity index (χ3v) is 3.68. The average Bonchev–Trinajstić information content (AvgIpc) is 3.03. The molecule has 0 aromatic carbocycles. The van der Waals surface area contributed by atoms with Gasteiger partial charge < -0.3 is 4.74 Å². The minimum absolute atomic E-state index is 0.00659. The van der Waals surface area contributed by atoms with Gasteiger partial charge in [0, 0.05) is 18.0 Å². The average molecular weight is 505 g/mol. The quantitative estimate of drug-likeness (QED) is 0.390. The van der Waals surface area contributed by atoms with Crippen LogP contribution in [0.4, 0.5) is 26.3 Å². The molecule has 0 saturated heterocycles. The zero-order valence-electron chi connectivity index (χ0n) is 12.7. The van der Waals surface area contributed by atoms with Crippen molar-refractivity contribution in [3.8, 4) is 17.1 Å². The predicted molar refractivity (Wildman–Crippen MR) is 84.5 cm³/mol. The van der Waals surface area contributed by atoms with Crippen molar-refractivity contribution in [3.05, 3.63) is 36.3 Å². The van der Waals surface area contributed by atoms with Crippen LogP contribution in [0.25, 0.3) is 16.9 Å². The summed E-state index contributed by atoms with van der Waals surface area (Å²) in [6.07, 6.45) is -5.24. The van der Waals surface area contributed by atoms with E-state index in [1.54, 1.807) is 0 Å². The summed E-state index contributed by atoms with van der Waals surface area (Å²) in [5, 5.41) is 6.85. The molecule has 0 bridgehead atoms. The van der Waals surface area contributed by atoms with Crippen molar-refractivity contribution in [1.82, 2.24) is 24.6 Å². The van der Waals surface area contributed by atoms with Crippen molar-refractivity contribution in [2.75, 3.05) is 6.61 Å². The lowest BCUT2D eigenvalue weighted by atomic mass is 10.2. The molecule has 3 aromatic heterocycles. The number of nitrogens with zero attached hydrogens (tertiary/aromatic N) is 5. The van der Waals surface area contributed by atoms with Crippen LogP contribution in [0.3, 0.4) is 0 Å². The third-order valence-electron chi connectivity index (χ3n) is 3.13. The number of rotatable bonds is 5. The summed E-state index contributed by atoms with van der Waals surface area (Å²) < 4.78 is 86.9. The first-order valence-corrected chi connectivity index (χ1v) is 7.73. The minimum Gasteiger partial charge on any atom is -0.466 e. The van der Waals surface area contributed by atoms with E-state index in [1.807, 2.05) is 0 Å². The van der Waals surface area contributed by atoms with Gasteiger partial charge >= 0.3 is 12.3 Å². The SMILES string of the molecule is Fc1cc(-c2cn3c(C(F)(F)OI)nnc3cn2)cnc1OCC(F)(F)F. The van der Waals surface area contributed by atoms with Crippen LogP contribution >= 0.6 is 23.0 Å². The van der Waals surface area contributed by atoms with E-state index in [0.717, 1.165) is 52.1 Å². The molecule has 0 N–H and O–H groups in total. The molecule has 0 amide bonds. The van der Waals surface area contributed by atoms with E-state index in [1.165, 1.54) is 0 Å². The van der Waals surface area contributed by atoms with Gasteiger partial charge in [-0.2, -0.15) is 22.0 Å². The van der Waals surface area contributed by atoms with E-state index in [0.29, 0.717) is 0 Å². The Kier molecular flexibility index (Phi) is 5.11. The lowest BCUT2D eigenvalue weighted by molar-refractivity contribution is -0.166. The smallest absolute Gasteiger partial charge is 0.427 e. The Morgan fingerprint density at radius 2 is 1.81 bits per heavy atom. The van der Waals surface area contributed by atoms with E-state index in [2.05, 4.69) is 28.0 Å². The van der Waals surface area contributed by atoms with Gasteiger partial charge in [-0.25, -0.2) is 12.4 Å². The Hall–Kier alpha value is -2.23. The summed E-state index contributed by atoms with van der Waals surface area (Å²) in [5.41, 5.74) is -0.0332. The van der Waals surface area contributed by atoms with Crippen LogP contribution in [0.2, 0.25) is 0 Å². The van der Waals surface area contributed by atoms with Crippen LogP contribution in [0.15, 0.2) is 24.7 Å². The van der Waals surface area contributed by atoms with Crippen LogP contribution in [-0.2, 0) is 9.17 Å². The molecule has 3 aromatic rings. The normalized spacial score (nSPS) is 12.6. The standard InChI is InChI=1S/C13H6F6IN5O2/c14-7-1-6(2-22-10(7)26-5-12(15,16)17)8-4-25-9(3-21-8)23-24-11(25)13(18,19)27-20/h1-4H,5H2. The van der Waals surface area contributed by atoms with Gasteiger partial charge in [0.2, 0.25) is 5.82 Å². The Balaban J connectivity index is 1.95. The molecule has 3 heterocycles. The second kappa shape index (κ2) is 7.06. The lowest BCUT2D eigenvalue weighted by Crippen LogP contribution is -2.20. The maximum atomic E-state index is 13.9. The molecule has 0 fully saturated rings. The number of hydrogen-bond donors (Lipinski definition) is 0. The molecule has 0 unspecified atom stereocenters. The van der Waals surface area contributed by atoms with E-state index in [9.17, 15) is 26.3 Å². The summed E-state index contributed by atoms with van der Waals surface area (Å²) in [4.78, 5) is 7.38. The maximum absolute atomic E-state index is 13.9. The van der Waals surface area contributed by atoms with Gasteiger partial charge in [0.1, 0.15) is 23.0 Å². The van der Waals surface area contributed by atoms with E-state index >= 15 is 0 Å². The second-order valence-electron chi connectivity index (χ2n) is 5.03. The summed E-state index contributed by atoms with van der Waals surface area (Å²) in [7, 11) is 0. The molecule has 0 atom stereocenters. The van der Waals surface area contributed by atoms with Gasteiger partial charge in [0.15, 0.2) is 18.1 Å². The van der Waals surface area contributed by atoms with Crippen LogP contribution in [0.5, 0.6) is 5.88 Å². The predicted octanol–water partition coefficient (Wildman–Crippen LogP) is 3.68. The fourth-order valence-corrected chi connectivity index (χ4v) is 2.20. The first-order chi connectivity index (χ1) is 12.6. The highest BCUT2D eigenvalue weighted by molar-refractivity contribution is 14.1. The number of halogens is 7. The Morgan fingerprint density at radius 3 is 2.44 bits per heavy atom. The topological polar surface area (TPSA) is 74.4 Å². The van der Waals surface area contributed by atoms with Crippen LogP contribution < -0.4 is 4.74 Å². The van der Waals surface area contributed by atoms with E-state index in [4.69, 9.17) is 0 Å². The first-order valence-electron chi connectivity index (χ1n) is 6.85. The van der Waals surface area contributed by atoms with Gasteiger partial charge in [0.05, 0.1) is 11.9 Å². The second-order valence-corrected chi connectivity index (χ2v) is 5.47. The van der Waals surface area contributed by atoms with Gasteiger partial charge in [-0.05, 0) is 6.07 Å². The van der Waals surface area contributed by atoms with Crippen molar-refractivity contribution in [2.45, 2.75) is 12.3 Å². The highest BCUT2D eigenvalue weighted by Gasteiger charge is 2.38. The molecular formula is C13H6F6IN5O2. The number of fused-ring (bicyclic) bond motifs is 1. The van der Waals surface area contributed by atoms with Crippen molar-refractivity contribution >= 4 is 28.7 Å². The minimum atomic E-state index is -4.66. The van der Waals surface area contributed by atoms with Gasteiger partial charge in [0.25, 0.3) is 5.88 Å². The van der Waals surface area contributed by atoms with E-state index < -0.39 is 36.4 Å². The fraction of sp³-hybridized carbons (Fsp3) is 0.231. The zero-order chi connectivity index (χ0) is 19.8. The van der Waals surface area contributed by atoms with Gasteiger partial charge in [-0.3, -0.25) is 9.38 Å². The number of ether oxygens (including phenoxy) is 1. The highest BCUT2D eigenvalue weighted by atomic mass is 127. The molecule has 0 aliphatic rings. The highest BCUT2D eigenvalue weighted by Crippen LogP contribution is 2.31. The van der Waals surface area contributed by atoms with Crippen molar-refractivity contribution in [3.63, 3.8) is 0 Å². The third kappa shape index (κ3) is 4.20. The Bertz CT molecular complexity index is 979. The molecule has 27 heavy (non-hydrogen) atoms. The number of aromatic nitrogens is 5. The Morgan fingerprint density at radius 1 is 1.07 bits per heavy atom. The molecule has 0 spiro atoms. The molecule has 144 valence electrons. The summed E-state index contributed by atoms with van der Waals surface area (Å²) in [6, 6.07) is 0.809. The summed E-state index contributed by atoms with van der Waals surface area (Å²) in [6.45, 7) is -1.71. The van der Waals surface area contributed by atoms with Crippen LogP contribution in [0.1, 0.15) is 5.82 Å². The summed E-state index contributed by atoms with van der Waals surface area (Å²) in [5.74, 6) is -2.87. The Labute approximate surface area is 160 Å². The fourth-order valence-electron chi connectivity index (χ4n) is 2.01. The van der Waals surface area contributed by atoms with Gasteiger partial charge in [-0.1, -0.05) is 0 Å². The molecule has 0 radical (unpaired) electrons. The zero-order valence-corrected chi connectivity index (χ0v) is 14.9. The van der Waals surface area contributed by atoms with Crippen LogP contribution in [0, 0.1) is 5.82 Å². The molecule has 14 heteroatoms. The maximum Gasteiger partial charge on any atom is 0.427 e. The van der Waals surface area contributed by atoms with Crippen molar-refractivity contribution < 1.29 is 34.1 Å². The van der Waals surface area contributed by atoms with E-state index in [-0.39, 0.29) is 16.9 Å². The van der Waals surface area contributed by atoms with Gasteiger partial charge in [-0.15, -0.1) is 10.2 Å². The molecule has 0 saturated carbocycles. The molecule has 0 aliphatic carbocycles. The first kappa shape index (κ1) is 19.5. The van der Waals surface area contributed by atoms with Crippen LogP contribution in [-0.4, -0.2) is 37.3 Å².